The molecule has 0 saturated heterocycles. The lowest BCUT2D eigenvalue weighted by Gasteiger charge is -2.15. The number of aromatic nitrogens is 1. The van der Waals surface area contributed by atoms with Crippen LogP contribution in [0.1, 0.15) is 25.3 Å². The highest BCUT2D eigenvalue weighted by Crippen LogP contribution is 2.01. The molecule has 0 aliphatic rings. The molecule has 1 aromatic heterocycles. The fraction of sp³-hybridized carbons (Fsp3) is 0.417. The zero-order valence-electron chi connectivity index (χ0n) is 9.85. The van der Waals surface area contributed by atoms with Gasteiger partial charge in [0.15, 0.2) is 0 Å². The zero-order chi connectivity index (χ0) is 12.7. The van der Waals surface area contributed by atoms with Crippen molar-refractivity contribution in [3.8, 4) is 0 Å². The quantitative estimate of drug-likeness (QED) is 0.748. The summed E-state index contributed by atoms with van der Waals surface area (Å²) in [5.74, 6) is -0.682. The Bertz CT molecular complexity index is 379. The first-order chi connectivity index (χ1) is 8.13. The van der Waals surface area contributed by atoms with Crippen molar-refractivity contribution in [2.24, 2.45) is 5.73 Å². The van der Waals surface area contributed by atoms with Crippen molar-refractivity contribution >= 4 is 11.8 Å². The molecule has 0 bridgehead atoms. The van der Waals surface area contributed by atoms with Crippen molar-refractivity contribution in [2.45, 2.75) is 32.2 Å². The Morgan fingerprint density at radius 3 is 2.82 bits per heavy atom. The van der Waals surface area contributed by atoms with E-state index in [1.807, 2.05) is 13.0 Å². The van der Waals surface area contributed by atoms with Crippen LogP contribution in [0.4, 0.5) is 0 Å². The van der Waals surface area contributed by atoms with E-state index in [0.717, 1.165) is 12.0 Å². The van der Waals surface area contributed by atoms with Crippen LogP contribution in [0.25, 0.3) is 0 Å². The van der Waals surface area contributed by atoms with E-state index < -0.39 is 11.9 Å². The van der Waals surface area contributed by atoms with E-state index in [-0.39, 0.29) is 5.91 Å². The van der Waals surface area contributed by atoms with Gasteiger partial charge in [0.1, 0.15) is 6.04 Å². The third kappa shape index (κ3) is 4.63. The third-order valence-electron chi connectivity index (χ3n) is 2.32. The molecule has 1 heterocycles. The van der Waals surface area contributed by atoms with Gasteiger partial charge >= 0.3 is 0 Å². The van der Waals surface area contributed by atoms with Gasteiger partial charge in [0.05, 0.1) is 0 Å². The number of amides is 2. The smallest absolute Gasteiger partial charge is 0.240 e. The number of primary amides is 1. The molecule has 2 amide bonds. The maximum atomic E-state index is 11.4. The fourth-order valence-electron chi connectivity index (χ4n) is 1.47. The summed E-state index contributed by atoms with van der Waals surface area (Å²) in [6, 6.07) is 2.95. The van der Waals surface area contributed by atoms with Gasteiger partial charge in [0.2, 0.25) is 11.8 Å². The summed E-state index contributed by atoms with van der Waals surface area (Å²) in [5.41, 5.74) is 6.12. The number of carbonyl (C=O) groups excluding carboxylic acids is 2. The number of nitrogens with two attached hydrogens (primary N) is 1. The Labute approximate surface area is 100 Å². The third-order valence-corrected chi connectivity index (χ3v) is 2.32. The molecule has 0 aliphatic heterocycles. The fourth-order valence-corrected chi connectivity index (χ4v) is 1.47. The molecule has 0 aromatic carbocycles. The molecule has 0 saturated carbocycles. The average Bonchev–Trinajstić information content (AvgIpc) is 2.29. The Hall–Kier alpha value is -1.91. The highest BCUT2D eigenvalue weighted by atomic mass is 16.2. The number of hydrogen-bond acceptors (Lipinski definition) is 3. The summed E-state index contributed by atoms with van der Waals surface area (Å²) in [4.78, 5) is 26.6. The molecular formula is C12H17N3O2. The van der Waals surface area contributed by atoms with Crippen molar-refractivity contribution < 1.29 is 9.59 Å². The van der Waals surface area contributed by atoms with Gasteiger partial charge in [-0.15, -0.1) is 0 Å². The average molecular weight is 235 g/mol. The molecule has 92 valence electrons. The van der Waals surface area contributed by atoms with Gasteiger partial charge in [-0.3, -0.25) is 14.6 Å². The minimum atomic E-state index is -0.668. The molecule has 5 heteroatoms. The topological polar surface area (TPSA) is 85.1 Å². The van der Waals surface area contributed by atoms with E-state index in [1.54, 1.807) is 18.5 Å². The molecule has 1 rings (SSSR count). The summed E-state index contributed by atoms with van der Waals surface area (Å²) in [6.45, 7) is 1.90. The van der Waals surface area contributed by atoms with Crippen molar-refractivity contribution in [2.75, 3.05) is 0 Å². The maximum absolute atomic E-state index is 11.4. The van der Waals surface area contributed by atoms with Crippen LogP contribution in [0.2, 0.25) is 0 Å². The summed E-state index contributed by atoms with van der Waals surface area (Å²) < 4.78 is 0. The number of nitrogens with zero attached hydrogens (tertiary/aromatic N) is 1. The molecule has 1 aromatic rings. The SMILES string of the molecule is CCCC(=O)NC(Cc1cccnc1)C(N)=O. The lowest BCUT2D eigenvalue weighted by Crippen LogP contribution is -2.45. The van der Waals surface area contributed by atoms with Gasteiger partial charge in [-0.1, -0.05) is 13.0 Å². The van der Waals surface area contributed by atoms with E-state index in [1.165, 1.54) is 0 Å². The van der Waals surface area contributed by atoms with Crippen LogP contribution in [-0.2, 0) is 16.0 Å². The van der Waals surface area contributed by atoms with Crippen LogP contribution in [0.15, 0.2) is 24.5 Å². The number of hydrogen-bond donors (Lipinski definition) is 2. The molecule has 1 atom stereocenters. The first-order valence-electron chi connectivity index (χ1n) is 5.61. The van der Waals surface area contributed by atoms with Crippen LogP contribution in [0, 0.1) is 0 Å². The highest BCUT2D eigenvalue weighted by molar-refractivity contribution is 5.86. The zero-order valence-corrected chi connectivity index (χ0v) is 9.85. The molecule has 0 radical (unpaired) electrons. The monoisotopic (exact) mass is 235 g/mol. The summed E-state index contributed by atoms with van der Waals surface area (Å²) >= 11 is 0. The second-order valence-electron chi connectivity index (χ2n) is 3.84. The second-order valence-corrected chi connectivity index (χ2v) is 3.84. The highest BCUT2D eigenvalue weighted by Gasteiger charge is 2.17. The van der Waals surface area contributed by atoms with Crippen LogP contribution < -0.4 is 11.1 Å². The number of rotatable bonds is 6. The Balaban J connectivity index is 2.61. The minimum Gasteiger partial charge on any atom is -0.368 e. The number of pyridine rings is 1. The van der Waals surface area contributed by atoms with E-state index in [9.17, 15) is 9.59 Å². The van der Waals surface area contributed by atoms with E-state index in [2.05, 4.69) is 10.3 Å². The minimum absolute atomic E-state index is 0.153. The van der Waals surface area contributed by atoms with Gasteiger partial charge in [0.25, 0.3) is 0 Å². The van der Waals surface area contributed by atoms with E-state index >= 15 is 0 Å². The molecule has 1 unspecified atom stereocenters. The van der Waals surface area contributed by atoms with Crippen molar-refractivity contribution in [1.29, 1.82) is 0 Å². The van der Waals surface area contributed by atoms with Gasteiger partial charge in [-0.05, 0) is 18.1 Å². The lowest BCUT2D eigenvalue weighted by atomic mass is 10.1. The largest absolute Gasteiger partial charge is 0.368 e. The Morgan fingerprint density at radius 2 is 2.29 bits per heavy atom. The standard InChI is InChI=1S/C12H17N3O2/c1-2-4-11(16)15-10(12(13)17)7-9-5-3-6-14-8-9/h3,5-6,8,10H,2,4,7H2,1H3,(H2,13,17)(H,15,16). The van der Waals surface area contributed by atoms with Gasteiger partial charge in [0, 0.05) is 25.2 Å². The van der Waals surface area contributed by atoms with Crippen LogP contribution in [-0.4, -0.2) is 22.8 Å². The number of carbonyl (C=O) groups is 2. The summed E-state index contributed by atoms with van der Waals surface area (Å²) in [7, 11) is 0. The van der Waals surface area contributed by atoms with E-state index in [4.69, 9.17) is 5.73 Å². The van der Waals surface area contributed by atoms with Crippen LogP contribution in [0.3, 0.4) is 0 Å². The van der Waals surface area contributed by atoms with Crippen LogP contribution in [0.5, 0.6) is 0 Å². The molecular weight excluding hydrogens is 218 g/mol. The van der Waals surface area contributed by atoms with E-state index in [0.29, 0.717) is 12.8 Å². The van der Waals surface area contributed by atoms with Gasteiger partial charge in [-0.25, -0.2) is 0 Å². The molecule has 0 fully saturated rings. The first kappa shape index (κ1) is 13.2. The van der Waals surface area contributed by atoms with Gasteiger partial charge in [-0.2, -0.15) is 0 Å². The van der Waals surface area contributed by atoms with Crippen molar-refractivity contribution in [3.05, 3.63) is 30.1 Å². The Morgan fingerprint density at radius 1 is 1.53 bits per heavy atom. The first-order valence-corrected chi connectivity index (χ1v) is 5.61. The molecule has 3 N–H and O–H groups in total. The molecule has 0 aliphatic carbocycles. The van der Waals surface area contributed by atoms with Crippen molar-refractivity contribution in [1.82, 2.24) is 10.3 Å². The van der Waals surface area contributed by atoms with Crippen LogP contribution >= 0.6 is 0 Å². The number of nitrogens with one attached hydrogen (secondary N) is 1. The lowest BCUT2D eigenvalue weighted by molar-refractivity contribution is -0.127. The molecule has 0 spiro atoms. The normalized spacial score (nSPS) is 11.8. The summed E-state index contributed by atoms with van der Waals surface area (Å²) in [6.07, 6.45) is 4.82. The predicted molar refractivity (Wildman–Crippen MR) is 64.0 cm³/mol. The predicted octanol–water partition coefficient (Wildman–Crippen LogP) is 0.394. The second kappa shape index (κ2) is 6.62. The summed E-state index contributed by atoms with van der Waals surface area (Å²) in [5, 5.41) is 2.62. The van der Waals surface area contributed by atoms with Crippen molar-refractivity contribution in [3.63, 3.8) is 0 Å². The Kier molecular flexibility index (Phi) is 5.13. The molecule has 5 nitrogen and oxygen atoms in total. The maximum Gasteiger partial charge on any atom is 0.240 e. The molecule has 17 heavy (non-hydrogen) atoms. The van der Waals surface area contributed by atoms with Gasteiger partial charge < -0.3 is 11.1 Å².